The zero-order valence-corrected chi connectivity index (χ0v) is 12.5. The Balaban J connectivity index is 1.67. The van der Waals surface area contributed by atoms with E-state index in [0.717, 1.165) is 29.7 Å². The summed E-state index contributed by atoms with van der Waals surface area (Å²) in [6, 6.07) is 5.81. The molecule has 6 heteroatoms. The van der Waals surface area contributed by atoms with Gasteiger partial charge < -0.3 is 9.73 Å². The maximum absolute atomic E-state index is 12.2. The van der Waals surface area contributed by atoms with Crippen molar-refractivity contribution in [1.29, 1.82) is 0 Å². The molecule has 0 radical (unpaired) electrons. The van der Waals surface area contributed by atoms with Crippen LogP contribution in [0.2, 0.25) is 0 Å². The van der Waals surface area contributed by atoms with Gasteiger partial charge in [0, 0.05) is 11.6 Å². The molecule has 2 N–H and O–H groups in total. The average molecular weight is 299 g/mol. The minimum atomic E-state index is -0.373. The number of hydrogen-bond acceptors (Lipinski definition) is 4. The number of aromatic nitrogens is 1. The Labute approximate surface area is 127 Å². The Kier molecular flexibility index (Phi) is 3.66. The van der Waals surface area contributed by atoms with Crippen LogP contribution in [0.4, 0.5) is 11.7 Å². The van der Waals surface area contributed by atoms with E-state index in [0.29, 0.717) is 0 Å². The molecule has 1 aromatic carbocycles. The molecular formula is C16H17N3O3. The summed E-state index contributed by atoms with van der Waals surface area (Å²) >= 11 is 0. The van der Waals surface area contributed by atoms with Gasteiger partial charge in [0.05, 0.1) is 0 Å². The van der Waals surface area contributed by atoms with E-state index in [9.17, 15) is 9.59 Å². The van der Waals surface area contributed by atoms with Gasteiger partial charge in [-0.05, 0) is 38.3 Å². The number of oxazole rings is 1. The molecule has 1 aliphatic carbocycles. The maximum atomic E-state index is 12.2. The normalized spacial score (nSPS) is 13.7. The number of anilines is 2. The molecule has 114 valence electrons. The van der Waals surface area contributed by atoms with E-state index in [4.69, 9.17) is 4.42 Å². The molecule has 0 bridgehead atoms. The van der Waals surface area contributed by atoms with Crippen molar-refractivity contribution in [3.63, 3.8) is 0 Å². The molecule has 0 spiro atoms. The number of aryl methyl sites for hydroxylation is 2. The number of carbonyl (C=O) groups excluding carboxylic acids is 2. The van der Waals surface area contributed by atoms with Crippen LogP contribution in [0, 0.1) is 19.8 Å². The predicted molar refractivity (Wildman–Crippen MR) is 81.7 cm³/mol. The molecule has 1 saturated carbocycles. The van der Waals surface area contributed by atoms with Crippen LogP contribution >= 0.6 is 0 Å². The van der Waals surface area contributed by atoms with Gasteiger partial charge in [-0.3, -0.25) is 14.9 Å². The van der Waals surface area contributed by atoms with E-state index in [1.54, 1.807) is 0 Å². The van der Waals surface area contributed by atoms with Gasteiger partial charge in [0.25, 0.3) is 5.91 Å². The van der Waals surface area contributed by atoms with Gasteiger partial charge >= 0.3 is 6.01 Å². The van der Waals surface area contributed by atoms with Gasteiger partial charge in [-0.15, -0.1) is 0 Å². The van der Waals surface area contributed by atoms with Crippen molar-refractivity contribution in [2.75, 3.05) is 10.6 Å². The largest absolute Gasteiger partial charge is 0.431 e. The summed E-state index contributed by atoms with van der Waals surface area (Å²) in [5.74, 6) is -0.426. The number of rotatable bonds is 4. The van der Waals surface area contributed by atoms with E-state index < -0.39 is 0 Å². The Hall–Kier alpha value is -2.63. The number of amides is 2. The number of hydrogen-bond donors (Lipinski definition) is 2. The SMILES string of the molecule is Cc1ccc(NC(=O)c2coc(NC(=O)C3CC3)n2)c(C)c1. The fourth-order valence-electron chi connectivity index (χ4n) is 2.13. The van der Waals surface area contributed by atoms with Crippen LogP contribution in [0.5, 0.6) is 0 Å². The van der Waals surface area contributed by atoms with Gasteiger partial charge in [-0.2, -0.15) is 4.98 Å². The highest BCUT2D eigenvalue weighted by molar-refractivity contribution is 6.03. The van der Waals surface area contributed by atoms with Crippen molar-refractivity contribution >= 4 is 23.5 Å². The summed E-state index contributed by atoms with van der Waals surface area (Å²) in [6.45, 7) is 3.91. The van der Waals surface area contributed by atoms with E-state index in [1.807, 2.05) is 32.0 Å². The van der Waals surface area contributed by atoms with E-state index >= 15 is 0 Å². The fraction of sp³-hybridized carbons (Fsp3) is 0.312. The molecule has 0 unspecified atom stereocenters. The lowest BCUT2D eigenvalue weighted by Crippen LogP contribution is -2.15. The lowest BCUT2D eigenvalue weighted by molar-refractivity contribution is -0.117. The van der Waals surface area contributed by atoms with Crippen LogP contribution in [-0.2, 0) is 4.79 Å². The highest BCUT2D eigenvalue weighted by Gasteiger charge is 2.30. The van der Waals surface area contributed by atoms with Crippen LogP contribution in [0.15, 0.2) is 28.9 Å². The fourth-order valence-corrected chi connectivity index (χ4v) is 2.13. The molecule has 6 nitrogen and oxygen atoms in total. The second-order valence-electron chi connectivity index (χ2n) is 5.57. The van der Waals surface area contributed by atoms with Crippen LogP contribution < -0.4 is 10.6 Å². The number of benzene rings is 1. The molecule has 1 aliphatic rings. The van der Waals surface area contributed by atoms with Crippen molar-refractivity contribution < 1.29 is 14.0 Å². The third kappa shape index (κ3) is 3.16. The Morgan fingerprint density at radius 3 is 2.68 bits per heavy atom. The third-order valence-corrected chi connectivity index (χ3v) is 3.55. The highest BCUT2D eigenvalue weighted by atomic mass is 16.4. The van der Waals surface area contributed by atoms with Crippen LogP contribution in [0.1, 0.15) is 34.5 Å². The van der Waals surface area contributed by atoms with Crippen molar-refractivity contribution in [3.05, 3.63) is 41.3 Å². The summed E-state index contributed by atoms with van der Waals surface area (Å²) < 4.78 is 5.12. The van der Waals surface area contributed by atoms with Crippen molar-refractivity contribution in [2.24, 2.45) is 5.92 Å². The molecule has 1 heterocycles. The van der Waals surface area contributed by atoms with Gasteiger partial charge in [-0.1, -0.05) is 17.7 Å². The second kappa shape index (κ2) is 5.63. The Bertz CT molecular complexity index is 732. The quantitative estimate of drug-likeness (QED) is 0.909. The predicted octanol–water partition coefficient (Wildman–Crippen LogP) is 2.89. The van der Waals surface area contributed by atoms with Crippen LogP contribution in [0.25, 0.3) is 0 Å². The Morgan fingerprint density at radius 2 is 2.00 bits per heavy atom. The molecule has 0 saturated heterocycles. The minimum absolute atomic E-state index is 0.0550. The lowest BCUT2D eigenvalue weighted by Gasteiger charge is -2.07. The molecule has 3 rings (SSSR count). The monoisotopic (exact) mass is 299 g/mol. The summed E-state index contributed by atoms with van der Waals surface area (Å²) in [5, 5.41) is 5.35. The van der Waals surface area contributed by atoms with E-state index in [2.05, 4.69) is 15.6 Å². The Morgan fingerprint density at radius 1 is 1.23 bits per heavy atom. The maximum Gasteiger partial charge on any atom is 0.302 e. The van der Waals surface area contributed by atoms with Gasteiger partial charge in [0.1, 0.15) is 6.26 Å². The van der Waals surface area contributed by atoms with Crippen LogP contribution in [-0.4, -0.2) is 16.8 Å². The lowest BCUT2D eigenvalue weighted by atomic mass is 10.1. The van der Waals surface area contributed by atoms with Crippen molar-refractivity contribution in [1.82, 2.24) is 4.98 Å². The number of nitrogens with zero attached hydrogens (tertiary/aromatic N) is 1. The molecule has 0 atom stereocenters. The molecule has 22 heavy (non-hydrogen) atoms. The number of carbonyl (C=O) groups is 2. The second-order valence-corrected chi connectivity index (χ2v) is 5.57. The van der Waals surface area contributed by atoms with E-state index in [1.165, 1.54) is 6.26 Å². The van der Waals surface area contributed by atoms with Crippen molar-refractivity contribution in [2.45, 2.75) is 26.7 Å². The zero-order valence-electron chi connectivity index (χ0n) is 12.5. The first-order valence-electron chi connectivity index (χ1n) is 7.18. The molecule has 0 aliphatic heterocycles. The number of nitrogens with one attached hydrogen (secondary N) is 2. The first kappa shape index (κ1) is 14.3. The van der Waals surface area contributed by atoms with Crippen molar-refractivity contribution in [3.8, 4) is 0 Å². The summed E-state index contributed by atoms with van der Waals surface area (Å²) in [6.07, 6.45) is 3.03. The molecule has 1 fully saturated rings. The first-order valence-corrected chi connectivity index (χ1v) is 7.18. The minimum Gasteiger partial charge on any atom is -0.431 e. The summed E-state index contributed by atoms with van der Waals surface area (Å²) in [5.41, 5.74) is 2.95. The smallest absolute Gasteiger partial charge is 0.302 e. The molecule has 1 aromatic heterocycles. The summed E-state index contributed by atoms with van der Waals surface area (Å²) in [7, 11) is 0. The van der Waals surface area contributed by atoms with Gasteiger partial charge in [0.2, 0.25) is 5.91 Å². The topological polar surface area (TPSA) is 84.2 Å². The van der Waals surface area contributed by atoms with Crippen LogP contribution in [0.3, 0.4) is 0 Å². The molecule has 2 amide bonds. The third-order valence-electron chi connectivity index (χ3n) is 3.55. The van der Waals surface area contributed by atoms with E-state index in [-0.39, 0.29) is 29.4 Å². The summed E-state index contributed by atoms with van der Waals surface area (Å²) in [4.78, 5) is 27.8. The van der Waals surface area contributed by atoms with Gasteiger partial charge in [0.15, 0.2) is 5.69 Å². The molecule has 2 aromatic rings. The standard InChI is InChI=1S/C16H17N3O3/c1-9-3-6-12(10(2)7-9)17-15(21)13-8-22-16(18-13)19-14(20)11-4-5-11/h3,6-8,11H,4-5H2,1-2H3,(H,17,21)(H,18,19,20). The highest BCUT2D eigenvalue weighted by Crippen LogP contribution is 2.30. The molecular weight excluding hydrogens is 282 g/mol. The average Bonchev–Trinajstić information content (AvgIpc) is 3.22. The zero-order chi connectivity index (χ0) is 15.7. The van der Waals surface area contributed by atoms with Gasteiger partial charge in [-0.25, -0.2) is 0 Å². The first-order chi connectivity index (χ1) is 10.5.